The molecule has 3 aliphatic rings. The minimum atomic E-state index is -0.291. The number of halogens is 4. The third-order valence-electron chi connectivity index (χ3n) is 15.7. The second-order valence-electron chi connectivity index (χ2n) is 22.3. The van der Waals surface area contributed by atoms with Crippen molar-refractivity contribution >= 4 is 23.1 Å². The van der Waals surface area contributed by atoms with Gasteiger partial charge >= 0.3 is 0 Å². The van der Waals surface area contributed by atoms with Gasteiger partial charge in [0.1, 0.15) is 63.5 Å². The lowest BCUT2D eigenvalue weighted by Gasteiger charge is -2.31. The number of aromatic nitrogens is 17. The predicted molar refractivity (Wildman–Crippen MR) is 346 cm³/mol. The summed E-state index contributed by atoms with van der Waals surface area (Å²) in [6.07, 6.45) is 13.7. The fraction of sp³-hybridized carbons (Fsp3) is 0.203. The number of nitrogens with two attached hydrogens (primary N) is 1. The van der Waals surface area contributed by atoms with Crippen molar-refractivity contribution < 1.29 is 17.6 Å². The summed E-state index contributed by atoms with van der Waals surface area (Å²) in [4.78, 5) is 42.1. The average Bonchev–Trinajstić information content (AvgIpc) is 1.78. The first-order chi connectivity index (χ1) is 45.6. The Balaban J connectivity index is 0.000000113. The average molecular weight is 1260 g/mol. The van der Waals surface area contributed by atoms with E-state index in [2.05, 4.69) is 65.2 Å². The molecule has 2 N–H and O–H groups in total. The van der Waals surface area contributed by atoms with E-state index in [9.17, 15) is 17.6 Å². The standard InChI is InChI=1S/C18H17FN4.C17H13FN6S.C17H16FN5.C17H15FN4/c19-15-9-2-1-6-14(15)12-23-18(13-7-5-8-13)21-17(22-23)16-10-3-4-11-20-16;18-12-5-2-1-4-11(12)10-24-16(13-6-3-7-14(19)21-13)22-15(23-24)17-20-8-9-25-17;18-14-7-2-1-6-13(14)12-23-17(22-10-5-11-22)20-16(21-23)15-8-3-4-9-19-15;18-14-6-2-1-5-13(14)11-22-17(12-8-9-12)20-16(21-22)15-7-3-4-10-19-15/h1-4,6,9-11,13H,5,7-8,12H2;1-9H,10H2,(H2,19,21);1-4,6-9H,5,10-12H2;1-7,10,12H,8-9,11H2. The third kappa shape index (κ3) is 14.8. The lowest BCUT2D eigenvalue weighted by molar-refractivity contribution is 0.383. The third-order valence-corrected chi connectivity index (χ3v) is 16.5. The SMILES string of the molecule is Fc1ccccc1Cn1nc(-c2ccccn2)nc1C1CC1.Fc1ccccc1Cn1nc(-c2ccccn2)nc1C1CCC1.Fc1ccccc1Cn1nc(-c2ccccn2)nc1N1CCC1.Nc1cccc(-c2nc(-c3nccs3)nn2Cc2ccccc2F)n1. The van der Waals surface area contributed by atoms with Gasteiger partial charge in [0.05, 0.1) is 26.2 Å². The van der Waals surface area contributed by atoms with Crippen LogP contribution >= 0.6 is 11.3 Å². The van der Waals surface area contributed by atoms with Crippen LogP contribution in [0.5, 0.6) is 0 Å². The van der Waals surface area contributed by atoms with Gasteiger partial charge in [-0.1, -0.05) is 103 Å². The van der Waals surface area contributed by atoms with E-state index in [0.717, 1.165) is 79.9 Å². The van der Waals surface area contributed by atoms with Crippen molar-refractivity contribution in [3.8, 4) is 56.9 Å². The van der Waals surface area contributed by atoms with Crippen molar-refractivity contribution in [2.75, 3.05) is 23.7 Å². The summed E-state index contributed by atoms with van der Waals surface area (Å²) in [5, 5.41) is 20.8. The molecule has 466 valence electrons. The van der Waals surface area contributed by atoms with E-state index in [1.165, 1.54) is 42.0 Å². The van der Waals surface area contributed by atoms with E-state index in [1.54, 1.807) is 107 Å². The van der Waals surface area contributed by atoms with Crippen LogP contribution in [0.4, 0.5) is 29.3 Å². The molecule has 0 radical (unpaired) electrons. The number of hydrogen-bond acceptors (Lipinski definition) is 16. The van der Waals surface area contributed by atoms with Crippen molar-refractivity contribution in [2.45, 2.75) is 76.5 Å². The monoisotopic (exact) mass is 1260 g/mol. The largest absolute Gasteiger partial charge is 0.384 e. The lowest BCUT2D eigenvalue weighted by atomic mass is 9.85. The Morgan fingerprint density at radius 2 is 0.817 bits per heavy atom. The molecule has 93 heavy (non-hydrogen) atoms. The summed E-state index contributed by atoms with van der Waals surface area (Å²) in [7, 11) is 0. The van der Waals surface area contributed by atoms with Crippen LogP contribution in [-0.2, 0) is 26.2 Å². The summed E-state index contributed by atoms with van der Waals surface area (Å²) in [6.45, 7) is 3.31. The molecule has 0 atom stereocenters. The van der Waals surface area contributed by atoms with Crippen molar-refractivity contribution in [3.05, 3.63) is 257 Å². The van der Waals surface area contributed by atoms with Crippen molar-refractivity contribution in [3.63, 3.8) is 0 Å². The van der Waals surface area contributed by atoms with Crippen LogP contribution < -0.4 is 10.6 Å². The van der Waals surface area contributed by atoms with E-state index in [-0.39, 0.29) is 29.8 Å². The molecule has 1 saturated heterocycles. The van der Waals surface area contributed by atoms with Gasteiger partial charge in [-0.05, 0) is 105 Å². The summed E-state index contributed by atoms with van der Waals surface area (Å²) < 4.78 is 62.9. The van der Waals surface area contributed by atoms with Gasteiger partial charge in [-0.25, -0.2) is 61.2 Å². The second-order valence-corrected chi connectivity index (χ2v) is 23.1. The maximum absolute atomic E-state index is 14.0. The van der Waals surface area contributed by atoms with Crippen LogP contribution in [-0.4, -0.2) is 97.1 Å². The van der Waals surface area contributed by atoms with Crippen LogP contribution in [0.1, 0.15) is 84.3 Å². The van der Waals surface area contributed by atoms with E-state index in [4.69, 9.17) is 10.7 Å². The minimum Gasteiger partial charge on any atom is -0.384 e. The maximum Gasteiger partial charge on any atom is 0.224 e. The van der Waals surface area contributed by atoms with Crippen molar-refractivity contribution in [1.82, 2.24) is 84.0 Å². The fourth-order valence-electron chi connectivity index (χ4n) is 10.3. The molecule has 0 unspecified atom stereocenters. The molecule has 19 nitrogen and oxygen atoms in total. The zero-order valence-corrected chi connectivity index (χ0v) is 51.1. The number of pyridine rings is 4. The van der Waals surface area contributed by atoms with Gasteiger partial charge in [-0.3, -0.25) is 15.0 Å². The van der Waals surface area contributed by atoms with E-state index in [0.29, 0.717) is 99.4 Å². The minimum absolute atomic E-state index is 0.207. The molecular formula is C69H61F4N19S. The molecule has 9 aromatic heterocycles. The zero-order valence-electron chi connectivity index (χ0n) is 50.2. The Labute approximate surface area is 536 Å². The van der Waals surface area contributed by atoms with Crippen LogP contribution in [0.2, 0.25) is 0 Å². The number of thiazole rings is 1. The number of nitrogens with zero attached hydrogens (tertiary/aromatic N) is 18. The zero-order chi connectivity index (χ0) is 63.5. The molecule has 24 heteroatoms. The van der Waals surface area contributed by atoms with Gasteiger partial charge in [-0.2, -0.15) is 4.98 Å². The summed E-state index contributed by atoms with van der Waals surface area (Å²) in [5.41, 5.74) is 11.0. The van der Waals surface area contributed by atoms with E-state index < -0.39 is 0 Å². The second kappa shape index (κ2) is 28.4. The normalized spacial score (nSPS) is 13.4. The molecule has 0 bridgehead atoms. The Morgan fingerprint density at radius 3 is 1.23 bits per heavy atom. The molecule has 2 saturated carbocycles. The van der Waals surface area contributed by atoms with Gasteiger partial charge in [-0.15, -0.1) is 31.7 Å². The highest BCUT2D eigenvalue weighted by Crippen LogP contribution is 2.40. The van der Waals surface area contributed by atoms with E-state index >= 15 is 0 Å². The van der Waals surface area contributed by atoms with Crippen LogP contribution in [0.3, 0.4) is 0 Å². The van der Waals surface area contributed by atoms with Gasteiger partial charge in [0, 0.05) is 77.3 Å². The smallest absolute Gasteiger partial charge is 0.224 e. The Kier molecular flexibility index (Phi) is 18.6. The van der Waals surface area contributed by atoms with Gasteiger partial charge in [0.15, 0.2) is 22.5 Å². The van der Waals surface area contributed by atoms with Gasteiger partial charge in [0.25, 0.3) is 0 Å². The fourth-order valence-corrected chi connectivity index (χ4v) is 10.9. The first kappa shape index (κ1) is 60.9. The summed E-state index contributed by atoms with van der Waals surface area (Å²) in [5.74, 6) is 5.76. The first-order valence-corrected chi connectivity index (χ1v) is 31.4. The highest BCUT2D eigenvalue weighted by atomic mass is 32.1. The van der Waals surface area contributed by atoms with Crippen molar-refractivity contribution in [1.29, 1.82) is 0 Å². The van der Waals surface area contributed by atoms with E-state index in [1.807, 2.05) is 87.5 Å². The number of hydrogen-bond donors (Lipinski definition) is 1. The Bertz CT molecular complexity index is 4450. The number of benzene rings is 4. The van der Waals surface area contributed by atoms with Crippen molar-refractivity contribution in [2.24, 2.45) is 0 Å². The van der Waals surface area contributed by atoms with Crippen LogP contribution in [0.25, 0.3) is 56.9 Å². The lowest BCUT2D eigenvalue weighted by Crippen LogP contribution is -2.39. The Hall–Kier alpha value is -11.0. The highest BCUT2D eigenvalue weighted by molar-refractivity contribution is 7.13. The molecular weight excluding hydrogens is 1200 g/mol. The molecule has 10 heterocycles. The molecule has 3 fully saturated rings. The summed E-state index contributed by atoms with van der Waals surface area (Å²) >= 11 is 1.44. The number of anilines is 2. The molecule has 13 aromatic rings. The van der Waals surface area contributed by atoms with Crippen LogP contribution in [0.15, 0.2) is 200 Å². The molecule has 1 aliphatic heterocycles. The number of nitrogen functional groups attached to an aromatic ring is 1. The first-order valence-electron chi connectivity index (χ1n) is 30.5. The summed E-state index contributed by atoms with van der Waals surface area (Å²) in [6, 6.07) is 49.2. The molecule has 4 aromatic carbocycles. The topological polar surface area (TPSA) is 217 Å². The predicted octanol–water partition coefficient (Wildman–Crippen LogP) is 13.2. The number of rotatable bonds is 16. The van der Waals surface area contributed by atoms with Gasteiger partial charge < -0.3 is 10.6 Å². The maximum atomic E-state index is 14.0. The van der Waals surface area contributed by atoms with Crippen LogP contribution in [0, 0.1) is 23.3 Å². The Morgan fingerprint density at radius 1 is 0.387 bits per heavy atom. The molecule has 16 rings (SSSR count). The molecule has 2 aliphatic carbocycles. The van der Waals surface area contributed by atoms with Gasteiger partial charge in [0.2, 0.25) is 17.6 Å². The quantitative estimate of drug-likeness (QED) is 0.0890. The molecule has 0 spiro atoms. The highest BCUT2D eigenvalue weighted by Gasteiger charge is 2.31. The molecule has 0 amide bonds.